The van der Waals surface area contributed by atoms with Crippen LogP contribution in [0.15, 0.2) is 35.5 Å². The fourth-order valence-corrected chi connectivity index (χ4v) is 4.17. The third-order valence-electron chi connectivity index (χ3n) is 5.49. The minimum Gasteiger partial charge on any atom is -0.461 e. The van der Waals surface area contributed by atoms with E-state index >= 15 is 0 Å². The summed E-state index contributed by atoms with van der Waals surface area (Å²) in [4.78, 5) is 35.0. The van der Waals surface area contributed by atoms with Crippen molar-refractivity contribution in [3.8, 4) is 0 Å². The fourth-order valence-electron chi connectivity index (χ4n) is 4.17. The highest BCUT2D eigenvalue weighted by molar-refractivity contribution is 5.91. The Bertz CT molecular complexity index is 716. The predicted molar refractivity (Wildman–Crippen MR) is 92.8 cm³/mol. The van der Waals surface area contributed by atoms with Gasteiger partial charge in [-0.25, -0.2) is 4.79 Å². The van der Waals surface area contributed by atoms with Crippen LogP contribution in [-0.4, -0.2) is 36.7 Å². The van der Waals surface area contributed by atoms with Crippen LogP contribution in [0.2, 0.25) is 0 Å². The molecule has 3 rings (SSSR count). The van der Waals surface area contributed by atoms with E-state index in [2.05, 4.69) is 13.2 Å². The molecule has 6 nitrogen and oxygen atoms in total. The average Bonchev–Trinajstić information content (AvgIpc) is 2.99. The molecule has 1 aliphatic heterocycles. The van der Waals surface area contributed by atoms with Crippen molar-refractivity contribution in [2.24, 2.45) is 11.8 Å². The zero-order valence-corrected chi connectivity index (χ0v) is 15.2. The lowest BCUT2D eigenvalue weighted by Gasteiger charge is -2.24. The Balaban J connectivity index is 1.94. The van der Waals surface area contributed by atoms with Gasteiger partial charge in [-0.1, -0.05) is 25.7 Å². The van der Waals surface area contributed by atoms with Gasteiger partial charge in [-0.15, -0.1) is 0 Å². The normalized spacial score (nSPS) is 30.5. The number of hydrogen-bond acceptors (Lipinski definition) is 6. The molecule has 0 N–H and O–H groups in total. The molecule has 1 saturated carbocycles. The zero-order chi connectivity index (χ0) is 19.0. The molecule has 26 heavy (non-hydrogen) atoms. The number of rotatable bonds is 4. The third-order valence-corrected chi connectivity index (χ3v) is 5.49. The molecule has 0 amide bonds. The van der Waals surface area contributed by atoms with E-state index in [1.54, 1.807) is 6.92 Å². The van der Waals surface area contributed by atoms with E-state index in [9.17, 15) is 14.4 Å². The summed E-state index contributed by atoms with van der Waals surface area (Å²) in [7, 11) is 0. The van der Waals surface area contributed by atoms with Gasteiger partial charge in [0.15, 0.2) is 0 Å². The van der Waals surface area contributed by atoms with Gasteiger partial charge in [0.25, 0.3) is 0 Å². The summed E-state index contributed by atoms with van der Waals surface area (Å²) < 4.78 is 16.4. The van der Waals surface area contributed by atoms with Crippen molar-refractivity contribution in [3.05, 3.63) is 35.5 Å². The Hall–Kier alpha value is -2.37. The molecule has 0 spiro atoms. The number of fused-ring (bicyclic) bond motifs is 3. The lowest BCUT2D eigenvalue weighted by atomic mass is 9.84. The first kappa shape index (κ1) is 18.4. The summed E-state index contributed by atoms with van der Waals surface area (Å²) in [6, 6.07) is 0. The van der Waals surface area contributed by atoms with Crippen molar-refractivity contribution in [1.82, 2.24) is 0 Å². The second kappa shape index (κ2) is 7.09. The quantitative estimate of drug-likeness (QED) is 0.332. The maximum atomic E-state index is 12.0. The number of hydrogen-bond donors (Lipinski definition) is 0. The van der Waals surface area contributed by atoms with Crippen molar-refractivity contribution in [3.63, 3.8) is 0 Å². The van der Waals surface area contributed by atoms with E-state index in [1.807, 2.05) is 0 Å². The third kappa shape index (κ3) is 3.20. The maximum Gasteiger partial charge on any atom is 0.334 e. The van der Waals surface area contributed by atoms with Crippen LogP contribution < -0.4 is 0 Å². The Morgan fingerprint density at radius 3 is 2.69 bits per heavy atom. The van der Waals surface area contributed by atoms with Crippen molar-refractivity contribution in [2.45, 2.75) is 51.7 Å². The van der Waals surface area contributed by atoms with Crippen LogP contribution in [0.25, 0.3) is 0 Å². The van der Waals surface area contributed by atoms with Gasteiger partial charge in [0.2, 0.25) is 0 Å². The van der Waals surface area contributed by atoms with Gasteiger partial charge in [-0.05, 0) is 24.0 Å². The zero-order valence-electron chi connectivity index (χ0n) is 15.2. The molecule has 3 aliphatic rings. The van der Waals surface area contributed by atoms with Crippen LogP contribution in [0.5, 0.6) is 0 Å². The lowest BCUT2D eigenvalue weighted by molar-refractivity contribution is -0.145. The predicted octanol–water partition coefficient (Wildman–Crippen LogP) is 2.64. The van der Waals surface area contributed by atoms with Gasteiger partial charge in [-0.3, -0.25) is 9.59 Å². The van der Waals surface area contributed by atoms with Gasteiger partial charge < -0.3 is 14.2 Å². The molecule has 0 aromatic carbocycles. The smallest absolute Gasteiger partial charge is 0.334 e. The molecule has 4 atom stereocenters. The van der Waals surface area contributed by atoms with E-state index in [0.717, 1.165) is 16.7 Å². The van der Waals surface area contributed by atoms with Gasteiger partial charge in [0.1, 0.15) is 18.8 Å². The molecule has 6 heteroatoms. The largest absolute Gasteiger partial charge is 0.461 e. The van der Waals surface area contributed by atoms with Crippen molar-refractivity contribution >= 4 is 17.9 Å². The molecule has 0 aromatic rings. The molecule has 2 fully saturated rings. The Morgan fingerprint density at radius 1 is 1.31 bits per heavy atom. The average molecular weight is 360 g/mol. The van der Waals surface area contributed by atoms with Crippen LogP contribution in [0.4, 0.5) is 0 Å². The van der Waals surface area contributed by atoms with Crippen LogP contribution in [-0.2, 0) is 28.6 Å². The van der Waals surface area contributed by atoms with Crippen molar-refractivity contribution in [1.29, 1.82) is 0 Å². The Kier molecular flexibility index (Phi) is 5.03. The highest BCUT2D eigenvalue weighted by Gasteiger charge is 2.51. The molecule has 0 aromatic heterocycles. The SMILES string of the molecule is C=C1C(=O)OC2C1CCC(COC(=O)CC)=C1CC(OC(C)=O)C(=C)C12. The Labute approximate surface area is 152 Å². The summed E-state index contributed by atoms with van der Waals surface area (Å²) >= 11 is 0. The molecule has 4 unspecified atom stereocenters. The van der Waals surface area contributed by atoms with Gasteiger partial charge >= 0.3 is 17.9 Å². The number of esters is 3. The van der Waals surface area contributed by atoms with Gasteiger partial charge in [0.05, 0.1) is 0 Å². The van der Waals surface area contributed by atoms with Crippen LogP contribution >= 0.6 is 0 Å². The molecule has 0 bridgehead atoms. The summed E-state index contributed by atoms with van der Waals surface area (Å²) in [5.41, 5.74) is 3.23. The minimum absolute atomic E-state index is 0.102. The molecular weight excluding hydrogens is 336 g/mol. The van der Waals surface area contributed by atoms with Crippen LogP contribution in [0, 0.1) is 11.8 Å². The molecule has 1 saturated heterocycles. The van der Waals surface area contributed by atoms with Crippen LogP contribution in [0.1, 0.15) is 39.5 Å². The van der Waals surface area contributed by atoms with Gasteiger partial charge in [0, 0.05) is 37.2 Å². The second-order valence-electron chi connectivity index (χ2n) is 7.04. The summed E-state index contributed by atoms with van der Waals surface area (Å²) in [6.07, 6.45) is 1.37. The number of ether oxygens (including phenoxy) is 3. The van der Waals surface area contributed by atoms with Gasteiger partial charge in [-0.2, -0.15) is 0 Å². The molecule has 2 aliphatic carbocycles. The van der Waals surface area contributed by atoms with Crippen molar-refractivity contribution < 1.29 is 28.6 Å². The topological polar surface area (TPSA) is 78.9 Å². The van der Waals surface area contributed by atoms with E-state index in [1.165, 1.54) is 6.92 Å². The van der Waals surface area contributed by atoms with Crippen LogP contribution in [0.3, 0.4) is 0 Å². The van der Waals surface area contributed by atoms with E-state index in [-0.39, 0.29) is 42.5 Å². The van der Waals surface area contributed by atoms with E-state index in [4.69, 9.17) is 14.2 Å². The number of carbonyl (C=O) groups excluding carboxylic acids is 3. The highest BCUT2D eigenvalue weighted by Crippen LogP contribution is 2.50. The lowest BCUT2D eigenvalue weighted by Crippen LogP contribution is -2.27. The summed E-state index contributed by atoms with van der Waals surface area (Å²) in [5.74, 6) is -1.34. The first-order chi connectivity index (χ1) is 12.3. The monoisotopic (exact) mass is 360 g/mol. The standard InChI is InChI=1S/C20H24O6/c1-5-17(22)24-9-13-6-7-14-10(2)20(23)26-19(14)18-11(3)16(8-15(13)18)25-12(4)21/h14,16,18-19H,2-3,5-9H2,1,4H3. The summed E-state index contributed by atoms with van der Waals surface area (Å²) in [6.45, 7) is 11.3. The first-order valence-electron chi connectivity index (χ1n) is 8.95. The molecule has 140 valence electrons. The van der Waals surface area contributed by atoms with Crippen molar-refractivity contribution in [2.75, 3.05) is 6.61 Å². The second-order valence-corrected chi connectivity index (χ2v) is 7.04. The number of carbonyl (C=O) groups is 3. The molecular formula is C20H24O6. The van der Waals surface area contributed by atoms with E-state index < -0.39 is 6.10 Å². The molecule has 0 radical (unpaired) electrons. The highest BCUT2D eigenvalue weighted by atomic mass is 16.6. The van der Waals surface area contributed by atoms with E-state index in [0.29, 0.717) is 31.3 Å². The first-order valence-corrected chi connectivity index (χ1v) is 8.95. The Morgan fingerprint density at radius 2 is 2.04 bits per heavy atom. The molecule has 1 heterocycles. The maximum absolute atomic E-state index is 12.0. The summed E-state index contributed by atoms with van der Waals surface area (Å²) in [5, 5.41) is 0. The minimum atomic E-state index is -0.448. The fraction of sp³-hybridized carbons (Fsp3) is 0.550.